The summed E-state index contributed by atoms with van der Waals surface area (Å²) in [4.78, 5) is 19.3. The van der Waals surface area contributed by atoms with Crippen LogP contribution in [-0.2, 0) is 11.2 Å². The van der Waals surface area contributed by atoms with Gasteiger partial charge < -0.3 is 15.4 Å². The third-order valence-electron chi connectivity index (χ3n) is 5.81. The second-order valence-corrected chi connectivity index (χ2v) is 8.01. The number of carbonyl (C=O) groups is 1. The lowest BCUT2D eigenvalue weighted by molar-refractivity contribution is -0.170. The van der Waals surface area contributed by atoms with Crippen molar-refractivity contribution in [2.24, 2.45) is 11.1 Å². The first-order chi connectivity index (χ1) is 11.6. The molecule has 2 aliphatic carbocycles. The van der Waals surface area contributed by atoms with E-state index in [-0.39, 0.29) is 17.4 Å². The molecule has 0 saturated heterocycles. The van der Waals surface area contributed by atoms with Gasteiger partial charge in [0, 0.05) is 36.9 Å². The Morgan fingerprint density at radius 3 is 2.88 bits per heavy atom. The largest absolute Gasteiger partial charge is 0.378 e. The molecule has 24 heavy (non-hydrogen) atoms. The number of hydrogen-bond donors (Lipinski definition) is 1. The summed E-state index contributed by atoms with van der Waals surface area (Å²) in [6.45, 7) is 3.39. The topological polar surface area (TPSA) is 68.5 Å². The highest BCUT2D eigenvalue weighted by atomic mass is 32.1. The predicted molar refractivity (Wildman–Crippen MR) is 96.3 cm³/mol. The third-order valence-corrected chi connectivity index (χ3v) is 6.72. The number of rotatable bonds is 6. The number of aromatic nitrogens is 1. The van der Waals surface area contributed by atoms with Gasteiger partial charge in [-0.25, -0.2) is 4.98 Å². The Balaban J connectivity index is 1.73. The van der Waals surface area contributed by atoms with Crippen molar-refractivity contribution in [2.45, 2.75) is 64.0 Å². The van der Waals surface area contributed by atoms with Gasteiger partial charge in [0.05, 0.1) is 11.1 Å². The molecule has 1 amide bonds. The van der Waals surface area contributed by atoms with Crippen molar-refractivity contribution in [3.05, 3.63) is 16.1 Å². The van der Waals surface area contributed by atoms with Gasteiger partial charge in [0.1, 0.15) is 5.69 Å². The normalized spacial score (nSPS) is 25.5. The van der Waals surface area contributed by atoms with Gasteiger partial charge in [-0.1, -0.05) is 19.3 Å². The zero-order valence-corrected chi connectivity index (χ0v) is 15.6. The van der Waals surface area contributed by atoms with E-state index in [4.69, 9.17) is 10.5 Å². The number of nitrogens with two attached hydrogens (primary N) is 1. The lowest BCUT2D eigenvalue weighted by Gasteiger charge is -2.60. The molecule has 1 aromatic heterocycles. The summed E-state index contributed by atoms with van der Waals surface area (Å²) < 4.78 is 6.01. The van der Waals surface area contributed by atoms with E-state index in [9.17, 15) is 4.79 Å². The maximum absolute atomic E-state index is 12.9. The summed E-state index contributed by atoms with van der Waals surface area (Å²) in [7, 11) is 1.94. The van der Waals surface area contributed by atoms with Crippen molar-refractivity contribution in [1.82, 2.24) is 9.88 Å². The molecule has 0 bridgehead atoms. The molecule has 1 spiro atoms. The van der Waals surface area contributed by atoms with Crippen LogP contribution in [0, 0.1) is 5.41 Å². The zero-order chi connectivity index (χ0) is 17.2. The molecule has 6 heteroatoms. The molecular formula is C18H29N3O2S. The Morgan fingerprint density at radius 2 is 2.21 bits per heavy atom. The first-order valence-electron chi connectivity index (χ1n) is 9.15. The smallest absolute Gasteiger partial charge is 0.273 e. The Morgan fingerprint density at radius 1 is 1.46 bits per heavy atom. The fraction of sp³-hybridized carbons (Fsp3) is 0.778. The monoisotopic (exact) mass is 351 g/mol. The minimum Gasteiger partial charge on any atom is -0.378 e. The SMILES string of the molecule is CCOC1CC(N(C)C(=O)c2csc(CCN)n2)C12CCCCC2. The molecule has 1 heterocycles. The van der Waals surface area contributed by atoms with Crippen molar-refractivity contribution in [3.8, 4) is 0 Å². The molecule has 134 valence electrons. The fourth-order valence-corrected chi connectivity index (χ4v) is 5.33. The van der Waals surface area contributed by atoms with Gasteiger partial charge in [-0.05, 0) is 32.7 Å². The second kappa shape index (κ2) is 7.50. The average molecular weight is 352 g/mol. The Bertz CT molecular complexity index is 568. The summed E-state index contributed by atoms with van der Waals surface area (Å²) in [5, 5.41) is 2.82. The number of ether oxygens (including phenoxy) is 1. The van der Waals surface area contributed by atoms with Crippen molar-refractivity contribution < 1.29 is 9.53 Å². The van der Waals surface area contributed by atoms with Crippen LogP contribution >= 0.6 is 11.3 Å². The Kier molecular flexibility index (Phi) is 5.57. The summed E-state index contributed by atoms with van der Waals surface area (Å²) in [5.74, 6) is 0.0411. The van der Waals surface area contributed by atoms with E-state index in [0.717, 1.165) is 24.5 Å². The molecule has 5 nitrogen and oxygen atoms in total. The predicted octanol–water partition coefficient (Wildman–Crippen LogP) is 2.84. The summed E-state index contributed by atoms with van der Waals surface area (Å²) >= 11 is 1.53. The minimum absolute atomic E-state index is 0.0411. The van der Waals surface area contributed by atoms with Gasteiger partial charge >= 0.3 is 0 Å². The Hall–Kier alpha value is -0.980. The van der Waals surface area contributed by atoms with E-state index in [1.165, 1.54) is 43.4 Å². The highest BCUT2D eigenvalue weighted by Crippen LogP contribution is 2.55. The molecule has 0 aromatic carbocycles. The third kappa shape index (κ3) is 3.11. The van der Waals surface area contributed by atoms with Crippen molar-refractivity contribution >= 4 is 17.2 Å². The lowest BCUT2D eigenvalue weighted by atomic mass is 9.54. The van der Waals surface area contributed by atoms with Gasteiger partial charge in [-0.3, -0.25) is 4.79 Å². The van der Waals surface area contributed by atoms with Gasteiger partial charge in [0.25, 0.3) is 5.91 Å². The van der Waals surface area contributed by atoms with Crippen LogP contribution in [0.4, 0.5) is 0 Å². The first kappa shape index (κ1) is 17.8. The quantitative estimate of drug-likeness (QED) is 0.856. The average Bonchev–Trinajstić information content (AvgIpc) is 3.07. The van der Waals surface area contributed by atoms with Crippen LogP contribution in [-0.4, -0.2) is 48.1 Å². The van der Waals surface area contributed by atoms with E-state index in [1.54, 1.807) is 0 Å². The molecule has 2 fully saturated rings. The zero-order valence-electron chi connectivity index (χ0n) is 14.8. The van der Waals surface area contributed by atoms with Crippen LogP contribution in [0.3, 0.4) is 0 Å². The van der Waals surface area contributed by atoms with E-state index < -0.39 is 0 Å². The van der Waals surface area contributed by atoms with Crippen LogP contribution in [0.15, 0.2) is 5.38 Å². The van der Waals surface area contributed by atoms with Crippen LogP contribution in [0.1, 0.15) is 60.9 Å². The van der Waals surface area contributed by atoms with Gasteiger partial charge in [0.2, 0.25) is 0 Å². The number of carbonyl (C=O) groups excluding carboxylic acids is 1. The van der Waals surface area contributed by atoms with E-state index in [0.29, 0.717) is 18.3 Å². The standard InChI is InChI=1S/C18H29N3O2S/c1-3-23-15-11-14(18(15)8-5-4-6-9-18)21(2)17(22)13-12-24-16(20-13)7-10-19/h12,14-15H,3-11,19H2,1-2H3. The number of hydrogen-bond acceptors (Lipinski definition) is 5. The summed E-state index contributed by atoms with van der Waals surface area (Å²) in [6, 6.07) is 0.279. The van der Waals surface area contributed by atoms with Crippen LogP contribution < -0.4 is 5.73 Å². The van der Waals surface area contributed by atoms with Crippen LogP contribution in [0.5, 0.6) is 0 Å². The van der Waals surface area contributed by atoms with Gasteiger partial charge in [0.15, 0.2) is 0 Å². The molecule has 0 radical (unpaired) electrons. The Labute approximate surface area is 148 Å². The molecule has 0 aliphatic heterocycles. The second-order valence-electron chi connectivity index (χ2n) is 7.07. The van der Waals surface area contributed by atoms with Crippen LogP contribution in [0.2, 0.25) is 0 Å². The maximum Gasteiger partial charge on any atom is 0.273 e. The van der Waals surface area contributed by atoms with Crippen molar-refractivity contribution in [2.75, 3.05) is 20.2 Å². The van der Waals surface area contributed by atoms with Crippen molar-refractivity contribution in [1.29, 1.82) is 0 Å². The number of amides is 1. The lowest BCUT2D eigenvalue weighted by Crippen LogP contribution is -2.65. The van der Waals surface area contributed by atoms with E-state index in [2.05, 4.69) is 11.9 Å². The van der Waals surface area contributed by atoms with Gasteiger partial charge in [-0.2, -0.15) is 0 Å². The number of nitrogens with zero attached hydrogens (tertiary/aromatic N) is 2. The molecule has 2 N–H and O–H groups in total. The molecule has 2 atom stereocenters. The first-order valence-corrected chi connectivity index (χ1v) is 10.0. The van der Waals surface area contributed by atoms with Crippen LogP contribution in [0.25, 0.3) is 0 Å². The summed E-state index contributed by atoms with van der Waals surface area (Å²) in [5.41, 5.74) is 6.31. The summed E-state index contributed by atoms with van der Waals surface area (Å²) in [6.07, 6.45) is 8.16. The van der Waals surface area contributed by atoms with E-state index >= 15 is 0 Å². The number of thiazole rings is 1. The highest BCUT2D eigenvalue weighted by molar-refractivity contribution is 7.09. The molecule has 2 aliphatic rings. The molecule has 2 saturated carbocycles. The van der Waals surface area contributed by atoms with E-state index in [1.807, 2.05) is 17.3 Å². The minimum atomic E-state index is 0.0411. The van der Waals surface area contributed by atoms with Gasteiger partial charge in [-0.15, -0.1) is 11.3 Å². The molecule has 1 aromatic rings. The molecular weight excluding hydrogens is 322 g/mol. The highest BCUT2D eigenvalue weighted by Gasteiger charge is 2.57. The fourth-order valence-electron chi connectivity index (χ4n) is 4.54. The van der Waals surface area contributed by atoms with Crippen molar-refractivity contribution in [3.63, 3.8) is 0 Å². The maximum atomic E-state index is 12.9. The molecule has 3 rings (SSSR count). The molecule has 2 unspecified atom stereocenters.